The Kier molecular flexibility index (Phi) is 4.56. The number of likely N-dealkylation sites (N-methyl/N-ethyl adjacent to an activating group) is 1. The molecule has 0 aliphatic heterocycles. The molecule has 0 amide bonds. The zero-order valence-corrected chi connectivity index (χ0v) is 8.86. The number of hydrogen-bond acceptors (Lipinski definition) is 2. The summed E-state index contributed by atoms with van der Waals surface area (Å²) in [6, 6.07) is -0.868. The van der Waals surface area contributed by atoms with Crippen LogP contribution in [-0.4, -0.2) is 53.3 Å². The van der Waals surface area contributed by atoms with E-state index in [4.69, 9.17) is 10.2 Å². The molecule has 82 valence electrons. The zero-order valence-electron chi connectivity index (χ0n) is 8.86. The maximum atomic E-state index is 10.9. The minimum Gasteiger partial charge on any atom is -0.481 e. The van der Waals surface area contributed by atoms with Gasteiger partial charge in [0.2, 0.25) is 0 Å². The fourth-order valence-corrected chi connectivity index (χ4v) is 1.53. The average Bonchev–Trinajstić information content (AvgIpc) is 1.99. The molecule has 0 rings (SSSR count). The third-order valence-corrected chi connectivity index (χ3v) is 2.30. The first kappa shape index (κ1) is 12.9. The van der Waals surface area contributed by atoms with E-state index in [9.17, 15) is 9.59 Å². The van der Waals surface area contributed by atoms with Gasteiger partial charge in [0.05, 0.1) is 20.6 Å². The van der Waals surface area contributed by atoms with Crippen LogP contribution >= 0.6 is 0 Å². The summed E-state index contributed by atoms with van der Waals surface area (Å²) >= 11 is 0. The van der Waals surface area contributed by atoms with Crippen LogP contribution in [0.15, 0.2) is 0 Å². The number of rotatable bonds is 6. The number of carboxylic acid groups (broad SMARTS) is 2. The molecule has 2 N–H and O–H groups in total. The van der Waals surface area contributed by atoms with Crippen molar-refractivity contribution in [2.24, 2.45) is 0 Å². The number of carbonyl (C=O) groups is 2. The molecule has 0 saturated carbocycles. The fourth-order valence-electron chi connectivity index (χ4n) is 1.53. The Balaban J connectivity index is 4.62. The normalized spacial score (nSPS) is 13.6. The van der Waals surface area contributed by atoms with Crippen LogP contribution in [0, 0.1) is 0 Å². The molecular formula is C9H18NO4+. The zero-order chi connectivity index (χ0) is 11.4. The average molecular weight is 204 g/mol. The van der Waals surface area contributed by atoms with E-state index in [0.29, 0.717) is 6.54 Å². The third-order valence-electron chi connectivity index (χ3n) is 2.30. The van der Waals surface area contributed by atoms with Gasteiger partial charge in [-0.1, -0.05) is 6.92 Å². The van der Waals surface area contributed by atoms with E-state index >= 15 is 0 Å². The maximum absolute atomic E-state index is 10.9. The first-order valence-corrected chi connectivity index (χ1v) is 4.58. The Morgan fingerprint density at radius 3 is 2.07 bits per heavy atom. The van der Waals surface area contributed by atoms with Gasteiger partial charge in [0, 0.05) is 0 Å². The molecule has 0 aliphatic rings. The van der Waals surface area contributed by atoms with Gasteiger partial charge >= 0.3 is 11.9 Å². The summed E-state index contributed by atoms with van der Waals surface area (Å²) in [5, 5.41) is 17.5. The molecule has 0 saturated heterocycles. The van der Waals surface area contributed by atoms with Crippen molar-refractivity contribution in [1.29, 1.82) is 0 Å². The number of carboxylic acids is 2. The van der Waals surface area contributed by atoms with Crippen molar-refractivity contribution in [1.82, 2.24) is 0 Å². The highest BCUT2D eigenvalue weighted by atomic mass is 16.4. The quantitative estimate of drug-likeness (QED) is 0.614. The molecule has 5 nitrogen and oxygen atoms in total. The summed E-state index contributed by atoms with van der Waals surface area (Å²) in [6.45, 7) is 2.60. The Morgan fingerprint density at radius 2 is 1.79 bits per heavy atom. The predicted molar refractivity (Wildman–Crippen MR) is 50.9 cm³/mol. The lowest BCUT2D eigenvalue weighted by molar-refractivity contribution is -0.906. The van der Waals surface area contributed by atoms with Crippen LogP contribution in [0.1, 0.15) is 19.8 Å². The lowest BCUT2D eigenvalue weighted by Gasteiger charge is -2.34. The highest BCUT2D eigenvalue weighted by Gasteiger charge is 2.36. The van der Waals surface area contributed by atoms with Crippen LogP contribution in [0.4, 0.5) is 0 Å². The van der Waals surface area contributed by atoms with Crippen LogP contribution in [0.3, 0.4) is 0 Å². The van der Waals surface area contributed by atoms with E-state index in [1.165, 1.54) is 0 Å². The van der Waals surface area contributed by atoms with Gasteiger partial charge in [0.15, 0.2) is 6.04 Å². The van der Waals surface area contributed by atoms with Gasteiger partial charge in [0.1, 0.15) is 6.42 Å². The molecule has 0 aliphatic carbocycles. The molecule has 0 spiro atoms. The van der Waals surface area contributed by atoms with E-state index < -0.39 is 18.0 Å². The van der Waals surface area contributed by atoms with E-state index in [-0.39, 0.29) is 10.9 Å². The number of nitrogens with zero attached hydrogens (tertiary/aromatic N) is 1. The van der Waals surface area contributed by atoms with Crippen LogP contribution in [0.2, 0.25) is 0 Å². The van der Waals surface area contributed by atoms with Gasteiger partial charge < -0.3 is 14.7 Å². The van der Waals surface area contributed by atoms with Gasteiger partial charge in [-0.3, -0.25) is 4.79 Å². The third kappa shape index (κ3) is 3.74. The lowest BCUT2D eigenvalue weighted by Crippen LogP contribution is -2.54. The highest BCUT2D eigenvalue weighted by Crippen LogP contribution is 2.12. The fraction of sp³-hybridized carbons (Fsp3) is 0.778. The number of quaternary nitrogens is 1. The molecular weight excluding hydrogens is 186 g/mol. The van der Waals surface area contributed by atoms with Crippen molar-refractivity contribution in [2.45, 2.75) is 25.8 Å². The molecule has 0 fully saturated rings. The number of aliphatic carboxylic acids is 2. The van der Waals surface area contributed by atoms with Crippen LogP contribution in [0.5, 0.6) is 0 Å². The summed E-state index contributed by atoms with van der Waals surface area (Å²) in [4.78, 5) is 21.4. The second-order valence-corrected chi connectivity index (χ2v) is 3.95. The van der Waals surface area contributed by atoms with Gasteiger partial charge in [-0.25, -0.2) is 4.79 Å². The Morgan fingerprint density at radius 1 is 1.29 bits per heavy atom. The van der Waals surface area contributed by atoms with Gasteiger partial charge in [-0.2, -0.15) is 0 Å². The standard InChI is InChI=1S/C9H17NO4/c1-4-5-10(2,3)7(9(13)14)6-8(11)12/h7H,4-6H2,1-3H3,(H-,11,12,13,14)/p+1. The van der Waals surface area contributed by atoms with E-state index in [0.717, 1.165) is 6.42 Å². The van der Waals surface area contributed by atoms with Crippen molar-refractivity contribution < 1.29 is 24.3 Å². The minimum atomic E-state index is -1.07. The van der Waals surface area contributed by atoms with Crippen LogP contribution in [0.25, 0.3) is 0 Å². The van der Waals surface area contributed by atoms with Crippen molar-refractivity contribution >= 4 is 11.9 Å². The molecule has 0 radical (unpaired) electrons. The second-order valence-electron chi connectivity index (χ2n) is 3.95. The van der Waals surface area contributed by atoms with Gasteiger partial charge in [-0.05, 0) is 6.42 Å². The number of hydrogen-bond donors (Lipinski definition) is 2. The smallest absolute Gasteiger partial charge is 0.363 e. The van der Waals surface area contributed by atoms with Crippen LogP contribution in [-0.2, 0) is 9.59 Å². The Hall–Kier alpha value is -1.10. The van der Waals surface area contributed by atoms with Crippen molar-refractivity contribution in [2.75, 3.05) is 20.6 Å². The topological polar surface area (TPSA) is 74.6 Å². The van der Waals surface area contributed by atoms with Crippen LogP contribution < -0.4 is 0 Å². The summed E-state index contributed by atoms with van der Waals surface area (Å²) in [5.41, 5.74) is 0. The van der Waals surface area contributed by atoms with Crippen molar-refractivity contribution in [3.63, 3.8) is 0 Å². The Labute approximate surface area is 83.5 Å². The van der Waals surface area contributed by atoms with Crippen molar-refractivity contribution in [3.8, 4) is 0 Å². The van der Waals surface area contributed by atoms with E-state index in [2.05, 4.69) is 0 Å². The molecule has 0 aromatic heterocycles. The highest BCUT2D eigenvalue weighted by molar-refractivity contribution is 5.79. The molecule has 0 aromatic rings. The maximum Gasteiger partial charge on any atom is 0.363 e. The molecule has 0 heterocycles. The first-order valence-electron chi connectivity index (χ1n) is 4.58. The SMILES string of the molecule is CCC[N+](C)(C)C(CC(=O)O)C(=O)O. The first-order chi connectivity index (χ1) is 6.31. The van der Waals surface area contributed by atoms with Gasteiger partial charge in [0.25, 0.3) is 0 Å². The Bertz CT molecular complexity index is 225. The molecule has 1 atom stereocenters. The molecule has 0 aromatic carbocycles. The minimum absolute atomic E-state index is 0.206. The monoisotopic (exact) mass is 204 g/mol. The molecule has 1 unspecified atom stereocenters. The summed E-state index contributed by atoms with van der Waals surface area (Å²) in [7, 11) is 3.48. The van der Waals surface area contributed by atoms with Gasteiger partial charge in [-0.15, -0.1) is 0 Å². The molecule has 14 heavy (non-hydrogen) atoms. The second kappa shape index (κ2) is 4.95. The molecule has 0 bridgehead atoms. The molecule has 5 heteroatoms. The van der Waals surface area contributed by atoms with Crippen molar-refractivity contribution in [3.05, 3.63) is 0 Å². The van der Waals surface area contributed by atoms with E-state index in [1.54, 1.807) is 14.1 Å². The summed E-state index contributed by atoms with van der Waals surface area (Å²) < 4.78 is 0.206. The largest absolute Gasteiger partial charge is 0.481 e. The van der Waals surface area contributed by atoms with E-state index in [1.807, 2.05) is 6.92 Å². The lowest BCUT2D eigenvalue weighted by atomic mass is 10.1. The predicted octanol–water partition coefficient (Wildman–Crippen LogP) is 0.401. The summed E-state index contributed by atoms with van der Waals surface area (Å²) in [5.74, 6) is -2.12. The summed E-state index contributed by atoms with van der Waals surface area (Å²) in [6.07, 6.45) is 0.499.